The normalized spacial score (nSPS) is 17.0. The van der Waals surface area contributed by atoms with Gasteiger partial charge in [0.15, 0.2) is 0 Å². The van der Waals surface area contributed by atoms with Crippen molar-refractivity contribution >= 4 is 17.6 Å². The van der Waals surface area contributed by atoms with Gasteiger partial charge >= 0.3 is 6.09 Å². The van der Waals surface area contributed by atoms with Crippen LogP contribution in [-0.2, 0) is 11.8 Å². The van der Waals surface area contributed by atoms with Crippen molar-refractivity contribution in [3.05, 3.63) is 36.3 Å². The van der Waals surface area contributed by atoms with Crippen LogP contribution >= 0.6 is 0 Å². The van der Waals surface area contributed by atoms with Crippen LogP contribution in [0.5, 0.6) is 0 Å². The van der Waals surface area contributed by atoms with E-state index in [9.17, 15) is 9.18 Å². The fraction of sp³-hybridized carbons (Fsp3) is 0.312. The first-order valence-corrected chi connectivity index (χ1v) is 7.51. The molecule has 1 saturated heterocycles. The Balaban J connectivity index is 1.78. The highest BCUT2D eigenvalue weighted by Gasteiger charge is 2.32. The van der Waals surface area contributed by atoms with Crippen molar-refractivity contribution in [2.45, 2.75) is 13.0 Å². The lowest BCUT2D eigenvalue weighted by Gasteiger charge is -2.14. The first-order chi connectivity index (χ1) is 11.5. The Morgan fingerprint density at radius 1 is 1.50 bits per heavy atom. The predicted molar refractivity (Wildman–Crippen MR) is 87.6 cm³/mol. The molecule has 1 aromatic heterocycles. The second-order valence-electron chi connectivity index (χ2n) is 5.63. The van der Waals surface area contributed by atoms with Crippen molar-refractivity contribution in [1.29, 1.82) is 5.41 Å². The number of rotatable bonds is 4. The Hall–Kier alpha value is -2.90. The SMILES string of the molecule is CC(=N)NC[C@H]1CN(c2ccc(-c3ccnn3C)c(F)c2)C(=O)O1. The van der Waals surface area contributed by atoms with Gasteiger partial charge in [0.2, 0.25) is 0 Å². The summed E-state index contributed by atoms with van der Waals surface area (Å²) < 4.78 is 21.3. The molecular formula is C16H18FN5O2. The molecule has 1 aliphatic heterocycles. The van der Waals surface area contributed by atoms with Crippen LogP contribution in [0, 0.1) is 11.2 Å². The van der Waals surface area contributed by atoms with Gasteiger partial charge in [-0.15, -0.1) is 0 Å². The number of halogens is 1. The minimum absolute atomic E-state index is 0.302. The monoisotopic (exact) mass is 331 g/mol. The summed E-state index contributed by atoms with van der Waals surface area (Å²) in [4.78, 5) is 13.4. The molecule has 1 amide bonds. The average molecular weight is 331 g/mol. The summed E-state index contributed by atoms with van der Waals surface area (Å²) in [6, 6.07) is 6.36. The zero-order valence-electron chi connectivity index (χ0n) is 13.4. The summed E-state index contributed by atoms with van der Waals surface area (Å²) in [6.07, 6.45) is 0.707. The number of nitrogens with one attached hydrogen (secondary N) is 2. The van der Waals surface area contributed by atoms with E-state index in [1.807, 2.05) is 0 Å². The van der Waals surface area contributed by atoms with Crippen molar-refractivity contribution < 1.29 is 13.9 Å². The minimum Gasteiger partial charge on any atom is -0.442 e. The molecule has 1 aliphatic rings. The molecule has 0 bridgehead atoms. The number of benzene rings is 1. The zero-order chi connectivity index (χ0) is 17.3. The number of carbonyl (C=O) groups excluding carboxylic acids is 1. The molecule has 0 saturated carbocycles. The van der Waals surface area contributed by atoms with E-state index in [2.05, 4.69) is 10.4 Å². The largest absolute Gasteiger partial charge is 0.442 e. The number of nitrogens with zero attached hydrogens (tertiary/aromatic N) is 3. The van der Waals surface area contributed by atoms with E-state index in [0.717, 1.165) is 0 Å². The van der Waals surface area contributed by atoms with E-state index in [0.29, 0.717) is 35.9 Å². The molecule has 0 unspecified atom stereocenters. The Kier molecular flexibility index (Phi) is 4.20. The summed E-state index contributed by atoms with van der Waals surface area (Å²) in [5.41, 5.74) is 1.52. The average Bonchev–Trinajstić information content (AvgIpc) is 3.11. The van der Waals surface area contributed by atoms with E-state index in [1.165, 1.54) is 11.0 Å². The standard InChI is InChI=1S/C16H18FN5O2/c1-10(18)19-8-12-9-22(16(23)24-12)11-3-4-13(14(17)7-11)15-5-6-20-21(15)2/h3-7,12H,8-9H2,1-2H3,(H2,18,19)/t12-/m0/s1. The molecule has 1 fully saturated rings. The highest BCUT2D eigenvalue weighted by atomic mass is 19.1. The maximum absolute atomic E-state index is 14.5. The predicted octanol–water partition coefficient (Wildman–Crippen LogP) is 2.14. The first-order valence-electron chi connectivity index (χ1n) is 7.51. The van der Waals surface area contributed by atoms with E-state index in [-0.39, 0.29) is 6.10 Å². The smallest absolute Gasteiger partial charge is 0.414 e. The van der Waals surface area contributed by atoms with Gasteiger partial charge in [-0.3, -0.25) is 15.0 Å². The van der Waals surface area contributed by atoms with Crippen molar-refractivity contribution in [3.63, 3.8) is 0 Å². The minimum atomic E-state index is -0.517. The molecule has 3 rings (SSSR count). The van der Waals surface area contributed by atoms with Crippen LogP contribution in [0.1, 0.15) is 6.92 Å². The lowest BCUT2D eigenvalue weighted by atomic mass is 10.1. The van der Waals surface area contributed by atoms with Crippen LogP contribution in [0.2, 0.25) is 0 Å². The summed E-state index contributed by atoms with van der Waals surface area (Å²) >= 11 is 0. The number of aromatic nitrogens is 2. The van der Waals surface area contributed by atoms with Crippen LogP contribution in [-0.4, -0.2) is 40.9 Å². The van der Waals surface area contributed by atoms with Gasteiger partial charge in [-0.25, -0.2) is 9.18 Å². The molecule has 8 heteroatoms. The van der Waals surface area contributed by atoms with Crippen molar-refractivity contribution in [3.8, 4) is 11.3 Å². The van der Waals surface area contributed by atoms with Gasteiger partial charge in [0.05, 0.1) is 30.3 Å². The first kappa shape index (κ1) is 16.0. The fourth-order valence-corrected chi connectivity index (χ4v) is 2.62. The van der Waals surface area contributed by atoms with Gasteiger partial charge in [0, 0.05) is 18.8 Å². The van der Waals surface area contributed by atoms with Crippen LogP contribution in [0.3, 0.4) is 0 Å². The number of ether oxygens (including phenoxy) is 1. The van der Waals surface area contributed by atoms with Crippen molar-refractivity contribution in [1.82, 2.24) is 15.1 Å². The number of anilines is 1. The number of hydrogen-bond acceptors (Lipinski definition) is 4. The van der Waals surface area contributed by atoms with Crippen LogP contribution in [0.4, 0.5) is 14.9 Å². The van der Waals surface area contributed by atoms with Crippen molar-refractivity contribution in [2.24, 2.45) is 7.05 Å². The van der Waals surface area contributed by atoms with E-state index < -0.39 is 11.9 Å². The van der Waals surface area contributed by atoms with Crippen LogP contribution in [0.15, 0.2) is 30.5 Å². The van der Waals surface area contributed by atoms with Gasteiger partial charge in [0.1, 0.15) is 11.9 Å². The molecule has 0 radical (unpaired) electrons. The molecule has 7 nitrogen and oxygen atoms in total. The Morgan fingerprint density at radius 2 is 2.29 bits per heavy atom. The molecule has 1 atom stereocenters. The Morgan fingerprint density at radius 3 is 2.92 bits per heavy atom. The van der Waals surface area contributed by atoms with Crippen molar-refractivity contribution in [2.75, 3.05) is 18.0 Å². The molecule has 2 N–H and O–H groups in total. The van der Waals surface area contributed by atoms with Gasteiger partial charge in [-0.05, 0) is 31.2 Å². The highest BCUT2D eigenvalue weighted by molar-refractivity contribution is 5.90. The number of aryl methyl sites for hydroxylation is 1. The molecule has 2 aromatic rings. The lowest BCUT2D eigenvalue weighted by Crippen LogP contribution is -2.33. The number of hydrogen-bond donors (Lipinski definition) is 2. The lowest BCUT2D eigenvalue weighted by molar-refractivity contribution is 0.142. The third kappa shape index (κ3) is 3.08. The Labute approximate surface area is 138 Å². The van der Waals surface area contributed by atoms with Crippen LogP contribution < -0.4 is 10.2 Å². The molecule has 0 spiro atoms. The summed E-state index contributed by atoms with van der Waals surface area (Å²) in [5.74, 6) is -0.128. The number of cyclic esters (lactones) is 1. The third-order valence-corrected chi connectivity index (χ3v) is 3.83. The molecule has 126 valence electrons. The van der Waals surface area contributed by atoms with E-state index in [4.69, 9.17) is 10.1 Å². The molecule has 0 aliphatic carbocycles. The number of amides is 1. The van der Waals surface area contributed by atoms with Gasteiger partial charge < -0.3 is 10.1 Å². The highest BCUT2D eigenvalue weighted by Crippen LogP contribution is 2.28. The summed E-state index contributed by atoms with van der Waals surface area (Å²) in [7, 11) is 1.74. The van der Waals surface area contributed by atoms with Gasteiger partial charge in [-0.1, -0.05) is 0 Å². The number of carbonyl (C=O) groups is 1. The third-order valence-electron chi connectivity index (χ3n) is 3.83. The van der Waals surface area contributed by atoms with E-state index >= 15 is 0 Å². The summed E-state index contributed by atoms with van der Waals surface area (Å²) in [5, 5.41) is 14.2. The van der Waals surface area contributed by atoms with Crippen LogP contribution in [0.25, 0.3) is 11.3 Å². The maximum atomic E-state index is 14.5. The maximum Gasteiger partial charge on any atom is 0.414 e. The van der Waals surface area contributed by atoms with Gasteiger partial charge in [-0.2, -0.15) is 5.10 Å². The second-order valence-corrected chi connectivity index (χ2v) is 5.63. The van der Waals surface area contributed by atoms with Gasteiger partial charge in [0.25, 0.3) is 0 Å². The fourth-order valence-electron chi connectivity index (χ4n) is 2.62. The number of amidine groups is 1. The molecular weight excluding hydrogens is 313 g/mol. The summed E-state index contributed by atoms with van der Waals surface area (Å²) in [6.45, 7) is 2.28. The second kappa shape index (κ2) is 6.31. The quantitative estimate of drug-likeness (QED) is 0.664. The Bertz CT molecular complexity index is 789. The zero-order valence-corrected chi connectivity index (χ0v) is 13.4. The molecule has 2 heterocycles. The molecule has 24 heavy (non-hydrogen) atoms. The topological polar surface area (TPSA) is 83.2 Å². The van der Waals surface area contributed by atoms with E-state index in [1.54, 1.807) is 43.0 Å². The molecule has 1 aromatic carbocycles.